The van der Waals surface area contributed by atoms with Crippen LogP contribution in [0.1, 0.15) is 19.6 Å². The number of nitrogens with zero attached hydrogens (tertiary/aromatic N) is 1. The molecule has 7 heteroatoms. The lowest BCUT2D eigenvalue weighted by molar-refractivity contribution is 0.308. The second-order valence-corrected chi connectivity index (χ2v) is 5.87. The van der Waals surface area contributed by atoms with Crippen molar-refractivity contribution in [1.82, 2.24) is 14.9 Å². The summed E-state index contributed by atoms with van der Waals surface area (Å²) in [7, 11) is -1.76. The lowest BCUT2D eigenvalue weighted by Crippen LogP contribution is -2.34. The van der Waals surface area contributed by atoms with Crippen LogP contribution >= 0.6 is 0 Å². The molecule has 0 aliphatic carbocycles. The Hall–Kier alpha value is -0.890. The number of sulfonamides is 1. The summed E-state index contributed by atoms with van der Waals surface area (Å²) in [5.74, 6) is 0.603. The van der Waals surface area contributed by atoms with Crippen LogP contribution in [-0.2, 0) is 16.6 Å². The fraction of sp³-hybridized carbons (Fsp3) is 0.667. The van der Waals surface area contributed by atoms with E-state index in [1.807, 2.05) is 0 Å². The standard InChI is InChI=1S/C12H23N3O3S/c1-4-15(5-2)9-8-14-19(16,17)12-7-6-11(18-12)10-13-3/h6-7,13-14H,4-5,8-10H2,1-3H3. The zero-order valence-corrected chi connectivity index (χ0v) is 12.6. The van der Waals surface area contributed by atoms with Gasteiger partial charge in [-0.3, -0.25) is 0 Å². The zero-order chi connectivity index (χ0) is 14.3. The van der Waals surface area contributed by atoms with Crippen molar-refractivity contribution in [1.29, 1.82) is 0 Å². The van der Waals surface area contributed by atoms with Gasteiger partial charge in [-0.2, -0.15) is 0 Å². The van der Waals surface area contributed by atoms with Gasteiger partial charge in [0.2, 0.25) is 5.09 Å². The van der Waals surface area contributed by atoms with Crippen molar-refractivity contribution in [2.75, 3.05) is 33.2 Å². The summed E-state index contributed by atoms with van der Waals surface area (Å²) in [6, 6.07) is 3.14. The average molecular weight is 289 g/mol. The molecule has 110 valence electrons. The van der Waals surface area contributed by atoms with Gasteiger partial charge in [0.25, 0.3) is 10.0 Å². The molecule has 0 saturated heterocycles. The quantitative estimate of drug-likeness (QED) is 0.697. The molecule has 0 fully saturated rings. The highest BCUT2D eigenvalue weighted by Crippen LogP contribution is 2.13. The van der Waals surface area contributed by atoms with Gasteiger partial charge < -0.3 is 14.6 Å². The van der Waals surface area contributed by atoms with Gasteiger partial charge in [-0.1, -0.05) is 13.8 Å². The summed E-state index contributed by atoms with van der Waals surface area (Å²) in [6.45, 7) is 7.50. The van der Waals surface area contributed by atoms with Gasteiger partial charge in [0.15, 0.2) is 0 Å². The van der Waals surface area contributed by atoms with Crippen molar-refractivity contribution in [2.24, 2.45) is 0 Å². The van der Waals surface area contributed by atoms with Gasteiger partial charge >= 0.3 is 0 Å². The predicted octanol–water partition coefficient (Wildman–Crippen LogP) is 0.619. The summed E-state index contributed by atoms with van der Waals surface area (Å²) in [5.41, 5.74) is 0. The molecular formula is C12H23N3O3S. The Morgan fingerprint density at radius 3 is 2.53 bits per heavy atom. The van der Waals surface area contributed by atoms with Gasteiger partial charge in [-0.25, -0.2) is 13.1 Å². The predicted molar refractivity (Wildman–Crippen MR) is 74.4 cm³/mol. The van der Waals surface area contributed by atoms with Gasteiger partial charge in [0, 0.05) is 13.1 Å². The molecule has 0 aliphatic heterocycles. The fourth-order valence-corrected chi connectivity index (χ4v) is 2.69. The smallest absolute Gasteiger partial charge is 0.274 e. The van der Waals surface area contributed by atoms with Crippen molar-refractivity contribution in [3.63, 3.8) is 0 Å². The van der Waals surface area contributed by atoms with Crippen LogP contribution in [0.3, 0.4) is 0 Å². The number of hydrogen-bond acceptors (Lipinski definition) is 5. The third-order valence-corrected chi connectivity index (χ3v) is 4.20. The van der Waals surface area contributed by atoms with Crippen LogP contribution < -0.4 is 10.0 Å². The molecule has 1 aromatic rings. The van der Waals surface area contributed by atoms with Gasteiger partial charge in [0.05, 0.1) is 6.54 Å². The molecule has 0 spiro atoms. The van der Waals surface area contributed by atoms with E-state index in [9.17, 15) is 8.42 Å². The molecule has 2 N–H and O–H groups in total. The number of hydrogen-bond donors (Lipinski definition) is 2. The summed E-state index contributed by atoms with van der Waals surface area (Å²) in [5, 5.41) is 2.88. The largest absolute Gasteiger partial charge is 0.447 e. The van der Waals surface area contributed by atoms with E-state index in [0.29, 0.717) is 25.4 Å². The lowest BCUT2D eigenvalue weighted by atomic mass is 10.4. The highest BCUT2D eigenvalue weighted by molar-refractivity contribution is 7.89. The molecule has 1 aromatic heterocycles. The zero-order valence-electron chi connectivity index (χ0n) is 11.8. The number of furan rings is 1. The van der Waals surface area contributed by atoms with Crippen LogP contribution in [-0.4, -0.2) is 46.5 Å². The van der Waals surface area contributed by atoms with Crippen LogP contribution in [0.15, 0.2) is 21.6 Å². The SMILES string of the molecule is CCN(CC)CCNS(=O)(=O)c1ccc(CNC)o1. The molecule has 0 aliphatic rings. The highest BCUT2D eigenvalue weighted by atomic mass is 32.2. The van der Waals surface area contributed by atoms with E-state index in [4.69, 9.17) is 4.42 Å². The molecule has 1 heterocycles. The van der Waals surface area contributed by atoms with Crippen LogP contribution in [0.25, 0.3) is 0 Å². The fourth-order valence-electron chi connectivity index (χ4n) is 1.72. The molecule has 0 amide bonds. The minimum absolute atomic E-state index is 0.0303. The Kier molecular flexibility index (Phi) is 6.50. The molecular weight excluding hydrogens is 266 g/mol. The first-order valence-corrected chi connectivity index (χ1v) is 7.97. The first-order chi connectivity index (χ1) is 9.03. The Balaban J connectivity index is 2.55. The van der Waals surface area contributed by atoms with Crippen LogP contribution in [0.2, 0.25) is 0 Å². The summed E-state index contributed by atoms with van der Waals surface area (Å²) in [6.07, 6.45) is 0. The second kappa shape index (κ2) is 7.64. The molecule has 1 rings (SSSR count). The maximum atomic E-state index is 12.0. The van der Waals surface area contributed by atoms with E-state index in [2.05, 4.69) is 28.8 Å². The Morgan fingerprint density at radius 1 is 1.26 bits per heavy atom. The maximum absolute atomic E-state index is 12.0. The minimum Gasteiger partial charge on any atom is -0.447 e. The molecule has 0 radical (unpaired) electrons. The van der Waals surface area contributed by atoms with E-state index < -0.39 is 10.0 Å². The Bertz CT molecular complexity index is 466. The van der Waals surface area contributed by atoms with E-state index in [1.54, 1.807) is 13.1 Å². The molecule has 0 bridgehead atoms. The third kappa shape index (κ3) is 4.94. The van der Waals surface area contributed by atoms with E-state index in [0.717, 1.165) is 13.1 Å². The minimum atomic E-state index is -3.54. The van der Waals surface area contributed by atoms with Gasteiger partial charge in [-0.05, 0) is 32.3 Å². The highest BCUT2D eigenvalue weighted by Gasteiger charge is 2.18. The van der Waals surface area contributed by atoms with Crippen LogP contribution in [0, 0.1) is 0 Å². The summed E-state index contributed by atoms with van der Waals surface area (Å²) < 4.78 is 31.7. The maximum Gasteiger partial charge on any atom is 0.274 e. The van der Waals surface area contributed by atoms with Crippen molar-refractivity contribution in [3.05, 3.63) is 17.9 Å². The number of rotatable bonds is 9. The molecule has 0 unspecified atom stereocenters. The van der Waals surface area contributed by atoms with Crippen LogP contribution in [0.5, 0.6) is 0 Å². The van der Waals surface area contributed by atoms with E-state index in [1.165, 1.54) is 6.07 Å². The number of likely N-dealkylation sites (N-methyl/N-ethyl adjacent to an activating group) is 1. The molecule has 0 atom stereocenters. The normalized spacial score (nSPS) is 12.2. The Labute approximate surface area is 115 Å². The first kappa shape index (κ1) is 16.2. The van der Waals surface area contributed by atoms with E-state index in [-0.39, 0.29) is 5.09 Å². The second-order valence-electron chi connectivity index (χ2n) is 4.18. The summed E-state index contributed by atoms with van der Waals surface area (Å²) >= 11 is 0. The molecule has 6 nitrogen and oxygen atoms in total. The topological polar surface area (TPSA) is 74.6 Å². The first-order valence-electron chi connectivity index (χ1n) is 6.48. The van der Waals surface area contributed by atoms with Crippen molar-refractivity contribution < 1.29 is 12.8 Å². The number of nitrogens with one attached hydrogen (secondary N) is 2. The Morgan fingerprint density at radius 2 is 1.95 bits per heavy atom. The van der Waals surface area contributed by atoms with Gasteiger partial charge in [-0.15, -0.1) is 0 Å². The molecule has 19 heavy (non-hydrogen) atoms. The van der Waals surface area contributed by atoms with Crippen molar-refractivity contribution in [3.8, 4) is 0 Å². The lowest BCUT2D eigenvalue weighted by Gasteiger charge is -2.17. The monoisotopic (exact) mass is 289 g/mol. The van der Waals surface area contributed by atoms with Gasteiger partial charge in [0.1, 0.15) is 5.76 Å². The van der Waals surface area contributed by atoms with E-state index >= 15 is 0 Å². The van der Waals surface area contributed by atoms with Crippen molar-refractivity contribution in [2.45, 2.75) is 25.5 Å². The van der Waals surface area contributed by atoms with Crippen molar-refractivity contribution >= 4 is 10.0 Å². The summed E-state index contributed by atoms with van der Waals surface area (Å²) in [4.78, 5) is 2.15. The third-order valence-electron chi connectivity index (χ3n) is 2.87. The van der Waals surface area contributed by atoms with Crippen LogP contribution in [0.4, 0.5) is 0 Å². The molecule has 0 saturated carbocycles. The molecule has 0 aromatic carbocycles. The average Bonchev–Trinajstić information content (AvgIpc) is 2.84.